The van der Waals surface area contributed by atoms with E-state index in [1.807, 2.05) is 13.8 Å². The van der Waals surface area contributed by atoms with Gasteiger partial charge in [0, 0.05) is 11.6 Å². The van der Waals surface area contributed by atoms with Crippen LogP contribution in [0.3, 0.4) is 0 Å². The molecule has 0 spiro atoms. The molecular weight excluding hydrogens is 299 g/mol. The highest BCUT2D eigenvalue weighted by molar-refractivity contribution is 6.35. The van der Waals surface area contributed by atoms with Crippen molar-refractivity contribution >= 4 is 29.1 Å². The summed E-state index contributed by atoms with van der Waals surface area (Å²) < 4.78 is 5.39. The number of hydrogen-bond acceptors (Lipinski definition) is 3. The number of ether oxygens (including phenoxy) is 1. The summed E-state index contributed by atoms with van der Waals surface area (Å²) in [7, 11) is 0. The van der Waals surface area contributed by atoms with Crippen LogP contribution in [0, 0.1) is 0 Å². The summed E-state index contributed by atoms with van der Waals surface area (Å²) >= 11 is 11.8. The molecule has 0 atom stereocenters. The molecule has 1 amide bonds. The molecule has 3 N–H and O–H groups in total. The zero-order valence-corrected chi connectivity index (χ0v) is 13.2. The van der Waals surface area contributed by atoms with Crippen LogP contribution in [0.2, 0.25) is 10.0 Å². The van der Waals surface area contributed by atoms with Gasteiger partial charge in [0.1, 0.15) is 5.75 Å². The maximum absolute atomic E-state index is 11.9. The van der Waals surface area contributed by atoms with Crippen molar-refractivity contribution in [3.05, 3.63) is 28.2 Å². The summed E-state index contributed by atoms with van der Waals surface area (Å²) in [4.78, 5) is 11.9. The van der Waals surface area contributed by atoms with Crippen molar-refractivity contribution in [3.63, 3.8) is 0 Å². The maximum Gasteiger partial charge on any atom is 0.258 e. The van der Waals surface area contributed by atoms with Crippen molar-refractivity contribution in [2.75, 3.05) is 13.2 Å². The average molecular weight is 319 g/mol. The molecule has 0 aliphatic carbocycles. The Bertz CT molecular complexity index is 454. The normalized spacial score (nSPS) is 11.2. The summed E-state index contributed by atoms with van der Waals surface area (Å²) in [6.45, 7) is 4.28. The lowest BCUT2D eigenvalue weighted by molar-refractivity contribution is -0.125. The van der Waals surface area contributed by atoms with E-state index in [0.29, 0.717) is 22.3 Å². The van der Waals surface area contributed by atoms with E-state index < -0.39 is 0 Å². The first-order valence-electron chi connectivity index (χ1n) is 6.55. The van der Waals surface area contributed by atoms with Crippen molar-refractivity contribution in [2.24, 2.45) is 5.73 Å². The molecule has 20 heavy (non-hydrogen) atoms. The van der Waals surface area contributed by atoms with Crippen LogP contribution in [0.1, 0.15) is 26.7 Å². The predicted molar refractivity (Wildman–Crippen MR) is 82.5 cm³/mol. The molecule has 0 saturated carbocycles. The highest BCUT2D eigenvalue weighted by Gasteiger charge is 2.26. The van der Waals surface area contributed by atoms with Crippen molar-refractivity contribution < 1.29 is 9.53 Å². The Balaban J connectivity index is 2.59. The Hall–Kier alpha value is -0.970. The van der Waals surface area contributed by atoms with Gasteiger partial charge in [0.05, 0.1) is 10.6 Å². The van der Waals surface area contributed by atoms with E-state index in [-0.39, 0.29) is 18.1 Å². The summed E-state index contributed by atoms with van der Waals surface area (Å²) in [5, 5.41) is 3.82. The first-order valence-corrected chi connectivity index (χ1v) is 7.31. The van der Waals surface area contributed by atoms with Crippen LogP contribution in [-0.4, -0.2) is 24.6 Å². The second-order valence-electron chi connectivity index (χ2n) is 4.60. The Morgan fingerprint density at radius 1 is 1.35 bits per heavy atom. The van der Waals surface area contributed by atoms with Gasteiger partial charge in [-0.1, -0.05) is 37.0 Å². The van der Waals surface area contributed by atoms with Gasteiger partial charge in [-0.15, -0.1) is 0 Å². The van der Waals surface area contributed by atoms with E-state index in [0.717, 1.165) is 12.8 Å². The Morgan fingerprint density at radius 3 is 2.50 bits per heavy atom. The van der Waals surface area contributed by atoms with E-state index in [4.69, 9.17) is 33.7 Å². The molecule has 1 aromatic rings. The van der Waals surface area contributed by atoms with Crippen LogP contribution in [-0.2, 0) is 4.79 Å². The van der Waals surface area contributed by atoms with Gasteiger partial charge in [0.15, 0.2) is 6.61 Å². The number of halogens is 2. The van der Waals surface area contributed by atoms with Gasteiger partial charge in [-0.05, 0) is 31.0 Å². The predicted octanol–water partition coefficient (Wildman–Crippen LogP) is 3.01. The van der Waals surface area contributed by atoms with Gasteiger partial charge in [-0.3, -0.25) is 4.79 Å². The van der Waals surface area contributed by atoms with Gasteiger partial charge in [0.2, 0.25) is 0 Å². The number of rotatable bonds is 7. The smallest absolute Gasteiger partial charge is 0.258 e. The number of amides is 1. The van der Waals surface area contributed by atoms with E-state index in [9.17, 15) is 4.79 Å². The van der Waals surface area contributed by atoms with Gasteiger partial charge in [-0.25, -0.2) is 0 Å². The fraction of sp³-hybridized carbons (Fsp3) is 0.500. The number of benzene rings is 1. The summed E-state index contributed by atoms with van der Waals surface area (Å²) in [6.07, 6.45) is 1.54. The molecule has 0 heterocycles. The van der Waals surface area contributed by atoms with E-state index in [1.165, 1.54) is 0 Å². The zero-order chi connectivity index (χ0) is 15.2. The topological polar surface area (TPSA) is 64.3 Å². The van der Waals surface area contributed by atoms with Gasteiger partial charge in [-0.2, -0.15) is 0 Å². The number of carbonyl (C=O) groups is 1. The Kier molecular flexibility index (Phi) is 6.59. The number of nitrogens with one attached hydrogen (secondary N) is 1. The quantitative estimate of drug-likeness (QED) is 0.812. The molecule has 0 bridgehead atoms. The first kappa shape index (κ1) is 17.1. The van der Waals surface area contributed by atoms with Crippen molar-refractivity contribution in [1.82, 2.24) is 5.32 Å². The Morgan fingerprint density at radius 2 is 2.00 bits per heavy atom. The van der Waals surface area contributed by atoms with Crippen molar-refractivity contribution in [2.45, 2.75) is 32.2 Å². The largest absolute Gasteiger partial charge is 0.482 e. The number of nitrogens with two attached hydrogens (primary N) is 1. The SMILES string of the molecule is CCC(CC)(CN)NC(=O)COc1ccc(Cl)cc1Cl. The minimum atomic E-state index is -0.371. The van der Waals surface area contributed by atoms with Gasteiger partial charge in [0.25, 0.3) is 5.91 Å². The summed E-state index contributed by atoms with van der Waals surface area (Å²) in [5.74, 6) is 0.211. The minimum absolute atomic E-state index is 0.108. The molecule has 0 aromatic heterocycles. The molecule has 1 rings (SSSR count). The third kappa shape index (κ3) is 4.54. The molecular formula is C14H20Cl2N2O2. The molecule has 4 nitrogen and oxygen atoms in total. The second-order valence-corrected chi connectivity index (χ2v) is 5.45. The van der Waals surface area contributed by atoms with E-state index in [1.54, 1.807) is 18.2 Å². The fourth-order valence-corrected chi connectivity index (χ4v) is 2.30. The van der Waals surface area contributed by atoms with Gasteiger partial charge < -0.3 is 15.8 Å². The third-order valence-corrected chi connectivity index (χ3v) is 3.93. The monoisotopic (exact) mass is 318 g/mol. The second kappa shape index (κ2) is 7.72. The highest BCUT2D eigenvalue weighted by Crippen LogP contribution is 2.27. The minimum Gasteiger partial charge on any atom is -0.482 e. The van der Waals surface area contributed by atoms with E-state index in [2.05, 4.69) is 5.32 Å². The zero-order valence-electron chi connectivity index (χ0n) is 11.7. The molecule has 1 aromatic carbocycles. The lowest BCUT2D eigenvalue weighted by Crippen LogP contribution is -2.54. The van der Waals surface area contributed by atoms with Crippen LogP contribution in [0.25, 0.3) is 0 Å². The van der Waals surface area contributed by atoms with Crippen LogP contribution < -0.4 is 15.8 Å². The third-order valence-electron chi connectivity index (χ3n) is 3.40. The van der Waals surface area contributed by atoms with Crippen LogP contribution in [0.5, 0.6) is 5.75 Å². The number of hydrogen-bond donors (Lipinski definition) is 2. The molecule has 6 heteroatoms. The molecule has 0 radical (unpaired) electrons. The summed E-state index contributed by atoms with van der Waals surface area (Å²) in [5.41, 5.74) is 5.36. The lowest BCUT2D eigenvalue weighted by Gasteiger charge is -2.31. The highest BCUT2D eigenvalue weighted by atomic mass is 35.5. The summed E-state index contributed by atoms with van der Waals surface area (Å²) in [6, 6.07) is 4.86. The molecule has 0 unspecified atom stereocenters. The standard InChI is InChI=1S/C14H20Cl2N2O2/c1-3-14(4-2,9-17)18-13(19)8-20-12-6-5-10(15)7-11(12)16/h5-7H,3-4,8-9,17H2,1-2H3,(H,18,19). The van der Waals surface area contributed by atoms with Crippen molar-refractivity contribution in [1.29, 1.82) is 0 Å². The van der Waals surface area contributed by atoms with Gasteiger partial charge >= 0.3 is 0 Å². The average Bonchev–Trinajstić information content (AvgIpc) is 2.44. The fourth-order valence-electron chi connectivity index (χ4n) is 1.83. The number of carbonyl (C=O) groups excluding carboxylic acids is 1. The first-order chi connectivity index (χ1) is 9.46. The Labute approximate surface area is 129 Å². The lowest BCUT2D eigenvalue weighted by atomic mass is 9.93. The maximum atomic E-state index is 11.9. The molecule has 112 valence electrons. The van der Waals surface area contributed by atoms with Crippen LogP contribution in [0.4, 0.5) is 0 Å². The van der Waals surface area contributed by atoms with Crippen LogP contribution >= 0.6 is 23.2 Å². The molecule has 0 aliphatic rings. The van der Waals surface area contributed by atoms with E-state index >= 15 is 0 Å². The van der Waals surface area contributed by atoms with Crippen LogP contribution in [0.15, 0.2) is 18.2 Å². The molecule has 0 aliphatic heterocycles. The molecule has 0 saturated heterocycles. The molecule has 0 fully saturated rings. The van der Waals surface area contributed by atoms with Crippen molar-refractivity contribution in [3.8, 4) is 5.75 Å².